The molecule has 0 aliphatic carbocycles. The Kier molecular flexibility index (Phi) is 9.74. The fraction of sp³-hybridized carbons (Fsp3) is 1.00. The number of nitrogens with zero attached hydrogens (tertiary/aromatic N) is 1. The van der Waals surface area contributed by atoms with Crippen molar-refractivity contribution in [1.82, 2.24) is 10.2 Å². The average molecular weight is 246 g/mol. The summed E-state index contributed by atoms with van der Waals surface area (Å²) >= 11 is 0. The highest BCUT2D eigenvalue weighted by Gasteiger charge is 2.19. The minimum absolute atomic E-state index is 0.416. The van der Waals surface area contributed by atoms with Gasteiger partial charge in [-0.25, -0.2) is 0 Å². The van der Waals surface area contributed by atoms with Crippen LogP contribution in [-0.4, -0.2) is 63.5 Å². The first kappa shape index (κ1) is 16.8. The molecule has 0 bridgehead atoms. The monoisotopic (exact) mass is 246 g/mol. The third-order valence-electron chi connectivity index (χ3n) is 2.92. The van der Waals surface area contributed by atoms with Crippen LogP contribution in [0, 0.1) is 0 Å². The summed E-state index contributed by atoms with van der Waals surface area (Å²) in [5.74, 6) is 0. The SMILES string of the molecule is COCCN(C(C)CNC(C)C)C(C)COC. The molecule has 0 aliphatic rings. The molecule has 4 heteroatoms. The average Bonchev–Trinajstić information content (AvgIpc) is 2.27. The van der Waals surface area contributed by atoms with Crippen molar-refractivity contribution in [2.24, 2.45) is 0 Å². The largest absolute Gasteiger partial charge is 0.383 e. The lowest BCUT2D eigenvalue weighted by Crippen LogP contribution is -2.49. The third kappa shape index (κ3) is 7.71. The minimum atomic E-state index is 0.416. The molecule has 0 aromatic rings. The summed E-state index contributed by atoms with van der Waals surface area (Å²) in [6.45, 7) is 12.3. The molecule has 1 N–H and O–H groups in total. The molecular formula is C13H30N2O2. The summed E-state index contributed by atoms with van der Waals surface area (Å²) < 4.78 is 10.4. The zero-order valence-corrected chi connectivity index (χ0v) is 12.3. The van der Waals surface area contributed by atoms with E-state index in [9.17, 15) is 0 Å². The van der Waals surface area contributed by atoms with Crippen molar-refractivity contribution in [3.8, 4) is 0 Å². The molecule has 0 aliphatic heterocycles. The van der Waals surface area contributed by atoms with E-state index >= 15 is 0 Å². The van der Waals surface area contributed by atoms with Gasteiger partial charge in [0.2, 0.25) is 0 Å². The number of hydrogen-bond donors (Lipinski definition) is 1. The van der Waals surface area contributed by atoms with E-state index in [1.807, 2.05) is 0 Å². The van der Waals surface area contributed by atoms with E-state index < -0.39 is 0 Å². The molecule has 0 aromatic carbocycles. The Morgan fingerprint density at radius 2 is 1.65 bits per heavy atom. The predicted octanol–water partition coefficient (Wildman–Crippen LogP) is 1.36. The Morgan fingerprint density at radius 1 is 1.00 bits per heavy atom. The standard InChI is InChI=1S/C13H30N2O2/c1-11(2)14-9-12(3)15(7-8-16-5)13(4)10-17-6/h11-14H,7-10H2,1-6H3. The number of methoxy groups -OCH3 is 2. The number of ether oxygens (including phenoxy) is 2. The quantitative estimate of drug-likeness (QED) is 0.631. The van der Waals surface area contributed by atoms with Gasteiger partial charge < -0.3 is 14.8 Å². The fourth-order valence-corrected chi connectivity index (χ4v) is 1.93. The van der Waals surface area contributed by atoms with Gasteiger partial charge in [0, 0.05) is 45.4 Å². The Bertz CT molecular complexity index is 177. The molecule has 0 saturated carbocycles. The maximum absolute atomic E-state index is 5.24. The number of hydrogen-bond acceptors (Lipinski definition) is 4. The number of rotatable bonds is 10. The minimum Gasteiger partial charge on any atom is -0.383 e. The van der Waals surface area contributed by atoms with Gasteiger partial charge in [-0.2, -0.15) is 0 Å². The van der Waals surface area contributed by atoms with E-state index in [1.54, 1.807) is 14.2 Å². The van der Waals surface area contributed by atoms with Crippen molar-refractivity contribution >= 4 is 0 Å². The molecule has 0 spiro atoms. The van der Waals surface area contributed by atoms with E-state index in [-0.39, 0.29) is 0 Å². The molecule has 4 nitrogen and oxygen atoms in total. The van der Waals surface area contributed by atoms with E-state index in [1.165, 1.54) is 0 Å². The molecule has 0 heterocycles. The van der Waals surface area contributed by atoms with Crippen LogP contribution in [-0.2, 0) is 9.47 Å². The van der Waals surface area contributed by atoms with Crippen molar-refractivity contribution < 1.29 is 9.47 Å². The lowest BCUT2D eigenvalue weighted by molar-refractivity contribution is 0.0512. The van der Waals surface area contributed by atoms with E-state index in [4.69, 9.17) is 9.47 Å². The lowest BCUT2D eigenvalue weighted by atomic mass is 10.2. The summed E-state index contributed by atoms with van der Waals surface area (Å²) in [5, 5.41) is 3.48. The topological polar surface area (TPSA) is 33.7 Å². The van der Waals surface area contributed by atoms with Gasteiger partial charge in [-0.1, -0.05) is 13.8 Å². The van der Waals surface area contributed by atoms with Crippen LogP contribution < -0.4 is 5.32 Å². The van der Waals surface area contributed by atoms with Crippen LogP contribution in [0.5, 0.6) is 0 Å². The van der Waals surface area contributed by atoms with Crippen molar-refractivity contribution in [3.63, 3.8) is 0 Å². The van der Waals surface area contributed by atoms with Gasteiger partial charge in [-0.15, -0.1) is 0 Å². The smallest absolute Gasteiger partial charge is 0.0615 e. The van der Waals surface area contributed by atoms with Crippen molar-refractivity contribution in [2.45, 2.75) is 45.8 Å². The van der Waals surface area contributed by atoms with Gasteiger partial charge in [0.1, 0.15) is 0 Å². The Balaban J connectivity index is 4.22. The lowest BCUT2D eigenvalue weighted by Gasteiger charge is -2.34. The molecular weight excluding hydrogens is 216 g/mol. The molecule has 0 saturated heterocycles. The maximum Gasteiger partial charge on any atom is 0.0615 e. The zero-order valence-electron chi connectivity index (χ0n) is 12.3. The molecule has 104 valence electrons. The molecule has 2 atom stereocenters. The van der Waals surface area contributed by atoms with Crippen LogP contribution in [0.15, 0.2) is 0 Å². The summed E-state index contributed by atoms with van der Waals surface area (Å²) in [6.07, 6.45) is 0. The molecule has 0 rings (SSSR count). The molecule has 0 amide bonds. The van der Waals surface area contributed by atoms with E-state index in [0.29, 0.717) is 18.1 Å². The summed E-state index contributed by atoms with van der Waals surface area (Å²) in [6, 6.07) is 1.43. The first-order valence-corrected chi connectivity index (χ1v) is 6.49. The van der Waals surface area contributed by atoms with Crippen molar-refractivity contribution in [1.29, 1.82) is 0 Å². The summed E-state index contributed by atoms with van der Waals surface area (Å²) in [4.78, 5) is 2.43. The van der Waals surface area contributed by atoms with Crippen molar-refractivity contribution in [3.05, 3.63) is 0 Å². The van der Waals surface area contributed by atoms with E-state index in [2.05, 4.69) is 37.9 Å². The first-order chi connectivity index (χ1) is 8.02. The van der Waals surface area contributed by atoms with Crippen LogP contribution >= 0.6 is 0 Å². The first-order valence-electron chi connectivity index (χ1n) is 6.49. The maximum atomic E-state index is 5.24. The second-order valence-corrected chi connectivity index (χ2v) is 4.95. The predicted molar refractivity (Wildman–Crippen MR) is 72.5 cm³/mol. The molecule has 0 radical (unpaired) electrons. The second kappa shape index (κ2) is 9.83. The molecule has 0 fully saturated rings. The zero-order chi connectivity index (χ0) is 13.3. The third-order valence-corrected chi connectivity index (χ3v) is 2.92. The van der Waals surface area contributed by atoms with E-state index in [0.717, 1.165) is 26.3 Å². The van der Waals surface area contributed by atoms with Gasteiger partial charge >= 0.3 is 0 Å². The fourth-order valence-electron chi connectivity index (χ4n) is 1.93. The highest BCUT2D eigenvalue weighted by atomic mass is 16.5. The second-order valence-electron chi connectivity index (χ2n) is 4.95. The summed E-state index contributed by atoms with van der Waals surface area (Å²) in [7, 11) is 3.50. The summed E-state index contributed by atoms with van der Waals surface area (Å²) in [5.41, 5.74) is 0. The Hall–Kier alpha value is -0.160. The van der Waals surface area contributed by atoms with Gasteiger partial charge in [-0.3, -0.25) is 4.90 Å². The molecule has 2 unspecified atom stereocenters. The molecule has 0 aromatic heterocycles. The van der Waals surface area contributed by atoms with Crippen LogP contribution in [0.1, 0.15) is 27.7 Å². The van der Waals surface area contributed by atoms with Gasteiger partial charge in [-0.05, 0) is 13.8 Å². The van der Waals surface area contributed by atoms with Gasteiger partial charge in [0.25, 0.3) is 0 Å². The molecule has 17 heavy (non-hydrogen) atoms. The van der Waals surface area contributed by atoms with Crippen LogP contribution in [0.2, 0.25) is 0 Å². The Morgan fingerprint density at radius 3 is 2.12 bits per heavy atom. The Labute approximate surface area is 107 Å². The normalized spacial score (nSPS) is 15.5. The van der Waals surface area contributed by atoms with Crippen LogP contribution in [0.4, 0.5) is 0 Å². The van der Waals surface area contributed by atoms with Gasteiger partial charge in [0.05, 0.1) is 13.2 Å². The van der Waals surface area contributed by atoms with Crippen molar-refractivity contribution in [2.75, 3.05) is 40.5 Å². The number of nitrogens with one attached hydrogen (secondary N) is 1. The van der Waals surface area contributed by atoms with Crippen LogP contribution in [0.25, 0.3) is 0 Å². The highest BCUT2D eigenvalue weighted by Crippen LogP contribution is 2.06. The van der Waals surface area contributed by atoms with Crippen LogP contribution in [0.3, 0.4) is 0 Å². The highest BCUT2D eigenvalue weighted by molar-refractivity contribution is 4.76. The van der Waals surface area contributed by atoms with Gasteiger partial charge in [0.15, 0.2) is 0 Å².